The summed E-state index contributed by atoms with van der Waals surface area (Å²) >= 11 is 0. The topological polar surface area (TPSA) is 95.7 Å². The van der Waals surface area contributed by atoms with E-state index in [-0.39, 0.29) is 12.4 Å². The average Bonchev–Trinajstić information content (AvgIpc) is 2.34. The number of rotatable bonds is 6. The summed E-state index contributed by atoms with van der Waals surface area (Å²) in [7, 11) is 0. The predicted molar refractivity (Wildman–Crippen MR) is 62.1 cm³/mol. The van der Waals surface area contributed by atoms with Crippen molar-refractivity contribution in [2.24, 2.45) is 5.73 Å². The van der Waals surface area contributed by atoms with Crippen molar-refractivity contribution in [2.75, 3.05) is 13.2 Å². The van der Waals surface area contributed by atoms with Gasteiger partial charge in [-0.25, -0.2) is 4.79 Å². The van der Waals surface area contributed by atoms with Gasteiger partial charge in [-0.2, -0.15) is 0 Å². The molecular weight excluding hydrogens is 238 g/mol. The molecule has 1 rings (SSSR count). The number of esters is 1. The molecule has 2 N–H and O–H groups in total. The van der Waals surface area contributed by atoms with Gasteiger partial charge in [-0.1, -0.05) is 0 Å². The van der Waals surface area contributed by atoms with Crippen LogP contribution in [0.3, 0.4) is 0 Å². The summed E-state index contributed by atoms with van der Waals surface area (Å²) in [4.78, 5) is 32.5. The first-order valence-electron chi connectivity index (χ1n) is 5.17. The van der Waals surface area contributed by atoms with Crippen molar-refractivity contribution in [3.05, 3.63) is 29.8 Å². The molecule has 0 aliphatic rings. The number of benzene rings is 1. The van der Waals surface area contributed by atoms with Crippen LogP contribution in [0, 0.1) is 0 Å². The molecule has 0 spiro atoms. The molecule has 0 heterocycles. The van der Waals surface area contributed by atoms with Crippen LogP contribution in [-0.2, 0) is 14.3 Å². The van der Waals surface area contributed by atoms with Gasteiger partial charge in [0.15, 0.2) is 19.0 Å². The molecule has 0 aliphatic heterocycles. The van der Waals surface area contributed by atoms with E-state index in [1.165, 1.54) is 6.92 Å². The third-order valence-corrected chi connectivity index (χ3v) is 1.99. The number of carbonyl (C=O) groups is 3. The quantitative estimate of drug-likeness (QED) is 0.579. The Labute approximate surface area is 104 Å². The van der Waals surface area contributed by atoms with Gasteiger partial charge < -0.3 is 15.2 Å². The molecule has 18 heavy (non-hydrogen) atoms. The van der Waals surface area contributed by atoms with Crippen molar-refractivity contribution in [3.63, 3.8) is 0 Å². The van der Waals surface area contributed by atoms with Gasteiger partial charge in [-0.15, -0.1) is 0 Å². The van der Waals surface area contributed by atoms with Crippen molar-refractivity contribution in [2.45, 2.75) is 6.92 Å². The number of amides is 1. The number of carbonyl (C=O) groups excluding carboxylic acids is 3. The summed E-state index contributed by atoms with van der Waals surface area (Å²) in [5, 5.41) is 0. The van der Waals surface area contributed by atoms with Gasteiger partial charge in [0, 0.05) is 5.56 Å². The van der Waals surface area contributed by atoms with Crippen LogP contribution in [-0.4, -0.2) is 30.9 Å². The molecule has 0 bridgehead atoms. The van der Waals surface area contributed by atoms with Gasteiger partial charge in [0.05, 0.1) is 0 Å². The first kappa shape index (κ1) is 13.7. The molecule has 0 fully saturated rings. The van der Waals surface area contributed by atoms with Crippen molar-refractivity contribution < 1.29 is 23.9 Å². The van der Waals surface area contributed by atoms with Crippen molar-refractivity contribution in [1.29, 1.82) is 0 Å². The van der Waals surface area contributed by atoms with E-state index in [0.29, 0.717) is 11.3 Å². The summed E-state index contributed by atoms with van der Waals surface area (Å²) in [6.45, 7) is 0.662. The monoisotopic (exact) mass is 251 g/mol. The average molecular weight is 251 g/mol. The maximum absolute atomic E-state index is 11.1. The summed E-state index contributed by atoms with van der Waals surface area (Å²) in [6.07, 6.45) is 0. The molecule has 6 nitrogen and oxygen atoms in total. The molecule has 0 saturated carbocycles. The zero-order valence-electron chi connectivity index (χ0n) is 9.84. The van der Waals surface area contributed by atoms with Gasteiger partial charge in [0.2, 0.25) is 0 Å². The van der Waals surface area contributed by atoms with Crippen LogP contribution in [0.4, 0.5) is 0 Å². The minimum atomic E-state index is -0.728. The molecule has 0 radical (unpaired) electrons. The number of Topliss-reactive ketones (excluding diaryl/α,β-unsaturated/α-hetero) is 1. The van der Waals surface area contributed by atoms with Crippen molar-refractivity contribution >= 4 is 17.7 Å². The maximum Gasteiger partial charge on any atom is 0.344 e. The minimum absolute atomic E-state index is 0.0533. The van der Waals surface area contributed by atoms with E-state index in [2.05, 4.69) is 4.74 Å². The Balaban J connectivity index is 2.41. The van der Waals surface area contributed by atoms with Crippen molar-refractivity contribution in [3.8, 4) is 5.75 Å². The summed E-state index contributed by atoms with van der Waals surface area (Å²) in [5.41, 5.74) is 5.36. The Hall–Kier alpha value is -2.37. The second-order valence-corrected chi connectivity index (χ2v) is 3.50. The van der Waals surface area contributed by atoms with E-state index in [9.17, 15) is 14.4 Å². The zero-order chi connectivity index (χ0) is 13.5. The first-order chi connectivity index (χ1) is 8.49. The Morgan fingerprint density at radius 1 is 1.11 bits per heavy atom. The predicted octanol–water partition coefficient (Wildman–Crippen LogP) is 0.296. The molecular formula is C12H13NO5. The molecule has 0 atom stereocenters. The Bertz CT molecular complexity index is 452. The lowest BCUT2D eigenvalue weighted by Gasteiger charge is -2.06. The largest absolute Gasteiger partial charge is 0.482 e. The number of nitrogens with two attached hydrogens (primary N) is 1. The van der Waals surface area contributed by atoms with E-state index in [0.717, 1.165) is 0 Å². The zero-order valence-corrected chi connectivity index (χ0v) is 9.84. The minimum Gasteiger partial charge on any atom is -0.482 e. The standard InChI is InChI=1S/C12H13NO5/c1-8(14)9-2-4-10(5-3-9)17-7-12(16)18-6-11(13)15/h2-5H,6-7H2,1H3,(H2,13,15). The van der Waals surface area contributed by atoms with Crippen LogP contribution in [0.5, 0.6) is 5.75 Å². The molecule has 0 unspecified atom stereocenters. The lowest BCUT2D eigenvalue weighted by Crippen LogP contribution is -2.23. The van der Waals surface area contributed by atoms with Crippen molar-refractivity contribution in [1.82, 2.24) is 0 Å². The summed E-state index contributed by atoms with van der Waals surface area (Å²) in [5.74, 6) is -1.04. The SMILES string of the molecule is CC(=O)c1ccc(OCC(=O)OCC(N)=O)cc1. The third kappa shape index (κ3) is 4.65. The number of ketones is 1. The summed E-state index contributed by atoms with van der Waals surface area (Å²) in [6, 6.07) is 6.31. The highest BCUT2D eigenvalue weighted by molar-refractivity contribution is 5.94. The van der Waals surface area contributed by atoms with Crippen LogP contribution >= 0.6 is 0 Å². The lowest BCUT2D eigenvalue weighted by molar-refractivity contribution is -0.149. The number of ether oxygens (including phenoxy) is 2. The van der Waals surface area contributed by atoms with Crippen LogP contribution in [0.1, 0.15) is 17.3 Å². The third-order valence-electron chi connectivity index (χ3n) is 1.99. The molecule has 1 amide bonds. The van der Waals surface area contributed by atoms with Crippen LogP contribution in [0.15, 0.2) is 24.3 Å². The molecule has 1 aromatic carbocycles. The number of primary amides is 1. The molecule has 0 aliphatic carbocycles. The van der Waals surface area contributed by atoms with Gasteiger partial charge in [-0.3, -0.25) is 9.59 Å². The second-order valence-electron chi connectivity index (χ2n) is 3.50. The molecule has 1 aromatic rings. The van der Waals surface area contributed by atoms with E-state index >= 15 is 0 Å². The lowest BCUT2D eigenvalue weighted by atomic mass is 10.1. The normalized spacial score (nSPS) is 9.61. The van der Waals surface area contributed by atoms with Gasteiger partial charge in [0.25, 0.3) is 5.91 Å². The van der Waals surface area contributed by atoms with E-state index < -0.39 is 18.5 Å². The molecule has 0 aromatic heterocycles. The maximum atomic E-state index is 11.1. The fourth-order valence-corrected chi connectivity index (χ4v) is 1.12. The van der Waals surface area contributed by atoms with E-state index in [1.807, 2.05) is 0 Å². The number of hydrogen-bond donors (Lipinski definition) is 1. The molecule has 6 heteroatoms. The van der Waals surface area contributed by atoms with Gasteiger partial charge in [0.1, 0.15) is 5.75 Å². The van der Waals surface area contributed by atoms with E-state index in [1.54, 1.807) is 24.3 Å². The van der Waals surface area contributed by atoms with Gasteiger partial charge >= 0.3 is 5.97 Å². The van der Waals surface area contributed by atoms with Gasteiger partial charge in [-0.05, 0) is 31.2 Å². The Morgan fingerprint density at radius 3 is 2.22 bits per heavy atom. The Morgan fingerprint density at radius 2 is 1.72 bits per heavy atom. The first-order valence-corrected chi connectivity index (χ1v) is 5.17. The fourth-order valence-electron chi connectivity index (χ4n) is 1.12. The fraction of sp³-hybridized carbons (Fsp3) is 0.250. The van der Waals surface area contributed by atoms with Crippen LogP contribution < -0.4 is 10.5 Å². The van der Waals surface area contributed by atoms with E-state index in [4.69, 9.17) is 10.5 Å². The Kier molecular flexibility index (Phi) is 4.86. The smallest absolute Gasteiger partial charge is 0.344 e. The second kappa shape index (κ2) is 6.39. The highest BCUT2D eigenvalue weighted by Gasteiger charge is 2.06. The highest BCUT2D eigenvalue weighted by atomic mass is 16.6. The van der Waals surface area contributed by atoms with Crippen LogP contribution in [0.2, 0.25) is 0 Å². The molecule has 0 saturated heterocycles. The van der Waals surface area contributed by atoms with Crippen LogP contribution in [0.25, 0.3) is 0 Å². The summed E-state index contributed by atoms with van der Waals surface area (Å²) < 4.78 is 9.59. The number of hydrogen-bond acceptors (Lipinski definition) is 5. The molecule has 96 valence electrons. The highest BCUT2D eigenvalue weighted by Crippen LogP contribution is 2.12.